The minimum atomic E-state index is -4.75. The van der Waals surface area contributed by atoms with Crippen LogP contribution in [0.3, 0.4) is 0 Å². The molecule has 0 saturated carbocycles. The zero-order valence-corrected chi connectivity index (χ0v) is 15.6. The van der Waals surface area contributed by atoms with Crippen LogP contribution in [0.2, 0.25) is 0 Å². The molecule has 1 N–H and O–H groups in total. The maximum absolute atomic E-state index is 12.7. The summed E-state index contributed by atoms with van der Waals surface area (Å²) in [5.74, 6) is -1.67. The number of carboxylic acids is 1. The highest BCUT2D eigenvalue weighted by Crippen LogP contribution is 2.27. The van der Waals surface area contributed by atoms with E-state index >= 15 is 0 Å². The summed E-state index contributed by atoms with van der Waals surface area (Å²) in [6.45, 7) is 1.80. The quantitative estimate of drug-likeness (QED) is 0.275. The number of carbonyl (C=O) groups is 1. The van der Waals surface area contributed by atoms with Crippen molar-refractivity contribution in [1.29, 1.82) is 0 Å². The van der Waals surface area contributed by atoms with Gasteiger partial charge < -0.3 is 14.7 Å². The van der Waals surface area contributed by atoms with Gasteiger partial charge in [0.2, 0.25) is 0 Å². The maximum Gasteiger partial charge on any atom is 0.410 e. The summed E-state index contributed by atoms with van der Waals surface area (Å²) >= 11 is 0. The van der Waals surface area contributed by atoms with E-state index in [1.165, 1.54) is 24.4 Å². The average Bonchev–Trinajstić information content (AvgIpc) is 2.69. The van der Waals surface area contributed by atoms with Gasteiger partial charge in [0.05, 0.1) is 25.0 Å². The molecule has 0 fully saturated rings. The molecule has 29 heavy (non-hydrogen) atoms. The highest BCUT2D eigenvalue weighted by Gasteiger charge is 2.28. The Labute approximate surface area is 166 Å². The predicted molar refractivity (Wildman–Crippen MR) is 102 cm³/mol. The smallest absolute Gasteiger partial charge is 0.410 e. The number of halogens is 3. The zero-order chi connectivity index (χ0) is 21.3. The van der Waals surface area contributed by atoms with Crippen LogP contribution in [0.4, 0.5) is 13.2 Å². The monoisotopic (exact) mass is 407 g/mol. The number of nitrogens with zero attached hydrogens (tertiary/aromatic N) is 1. The second-order valence-corrected chi connectivity index (χ2v) is 6.02. The Hall–Kier alpha value is -3.13. The van der Waals surface area contributed by atoms with Crippen LogP contribution in [-0.2, 0) is 21.0 Å². The first-order valence-electron chi connectivity index (χ1n) is 8.69. The van der Waals surface area contributed by atoms with Gasteiger partial charge in [0, 0.05) is 6.08 Å². The van der Waals surface area contributed by atoms with E-state index in [4.69, 9.17) is 14.7 Å². The summed E-state index contributed by atoms with van der Waals surface area (Å²) < 4.78 is 43.4. The average molecular weight is 407 g/mol. The van der Waals surface area contributed by atoms with Crippen LogP contribution in [0.25, 0.3) is 5.57 Å². The van der Waals surface area contributed by atoms with Gasteiger partial charge in [0.25, 0.3) is 0 Å². The summed E-state index contributed by atoms with van der Waals surface area (Å²) in [6, 6.07) is 15.3. The number of rotatable bonds is 9. The molecule has 1 unspecified atom stereocenters. The van der Waals surface area contributed by atoms with E-state index in [-0.39, 0.29) is 31.0 Å². The standard InChI is InChI=1S/C21H20F3NO4/c1-15(16-7-3-2-4-8-16)29-25-11-12-28-14-17-9-5-6-10-18(17)19(20(26)27)13-21(22,23)24/h2-11,13,15H,12,14H2,1H3,(H,26,27)/b19-13+,25-11-. The number of ether oxygens (including phenoxy) is 1. The molecule has 154 valence electrons. The van der Waals surface area contributed by atoms with E-state index in [9.17, 15) is 18.0 Å². The number of allylic oxidation sites excluding steroid dienone is 1. The molecule has 0 amide bonds. The van der Waals surface area contributed by atoms with Gasteiger partial charge in [0.15, 0.2) is 0 Å². The number of benzene rings is 2. The van der Waals surface area contributed by atoms with Gasteiger partial charge in [-0.15, -0.1) is 0 Å². The number of oxime groups is 1. The maximum atomic E-state index is 12.7. The van der Waals surface area contributed by atoms with Crippen molar-refractivity contribution in [3.63, 3.8) is 0 Å². The van der Waals surface area contributed by atoms with Gasteiger partial charge in [-0.3, -0.25) is 0 Å². The summed E-state index contributed by atoms with van der Waals surface area (Å²) in [4.78, 5) is 16.6. The Morgan fingerprint density at radius 2 is 1.79 bits per heavy atom. The fourth-order valence-electron chi connectivity index (χ4n) is 2.50. The molecule has 0 aliphatic heterocycles. The SMILES string of the molecule is CC(O/N=C\COCc1ccccc1/C(=C\C(F)(F)F)C(=O)O)c1ccccc1. The molecule has 8 heteroatoms. The van der Waals surface area contributed by atoms with Crippen molar-refractivity contribution in [2.45, 2.75) is 25.8 Å². The molecule has 0 aromatic heterocycles. The first-order valence-corrected chi connectivity index (χ1v) is 8.69. The van der Waals surface area contributed by atoms with Gasteiger partial charge in [-0.25, -0.2) is 4.79 Å². The molecule has 0 spiro atoms. The highest BCUT2D eigenvalue weighted by atomic mass is 19.4. The van der Waals surface area contributed by atoms with Crippen molar-refractivity contribution >= 4 is 17.8 Å². The van der Waals surface area contributed by atoms with E-state index in [1.54, 1.807) is 6.07 Å². The fourth-order valence-corrected chi connectivity index (χ4v) is 2.50. The number of alkyl halides is 3. The van der Waals surface area contributed by atoms with E-state index in [1.807, 2.05) is 37.3 Å². The third-order valence-corrected chi connectivity index (χ3v) is 3.86. The minimum Gasteiger partial charge on any atom is -0.478 e. The Balaban J connectivity index is 1.95. The molecule has 0 aliphatic rings. The van der Waals surface area contributed by atoms with Crippen LogP contribution in [-0.4, -0.2) is 30.1 Å². The van der Waals surface area contributed by atoms with E-state index in [0.717, 1.165) is 5.56 Å². The topological polar surface area (TPSA) is 68.1 Å². The molecule has 0 saturated heterocycles. The second-order valence-electron chi connectivity index (χ2n) is 6.02. The molecule has 5 nitrogen and oxygen atoms in total. The Kier molecular flexibility index (Phi) is 7.97. The third-order valence-electron chi connectivity index (χ3n) is 3.86. The lowest BCUT2D eigenvalue weighted by molar-refractivity contribution is -0.131. The molecule has 0 aliphatic carbocycles. The van der Waals surface area contributed by atoms with Gasteiger partial charge in [-0.1, -0.05) is 59.8 Å². The van der Waals surface area contributed by atoms with Crippen LogP contribution in [0.15, 0.2) is 65.8 Å². The molecule has 2 aromatic rings. The lowest BCUT2D eigenvalue weighted by atomic mass is 9.99. The molecule has 1 atom stereocenters. The van der Waals surface area contributed by atoms with E-state index in [2.05, 4.69) is 5.16 Å². The van der Waals surface area contributed by atoms with Crippen molar-refractivity contribution in [3.05, 3.63) is 77.4 Å². The van der Waals surface area contributed by atoms with E-state index < -0.39 is 17.7 Å². The summed E-state index contributed by atoms with van der Waals surface area (Å²) in [5.41, 5.74) is 0.378. The molecule has 2 aromatic carbocycles. The first kappa shape index (κ1) is 22.2. The van der Waals surface area contributed by atoms with E-state index in [0.29, 0.717) is 5.56 Å². The minimum absolute atomic E-state index is 0.0429. The highest BCUT2D eigenvalue weighted by molar-refractivity contribution is 6.16. The van der Waals surface area contributed by atoms with Crippen molar-refractivity contribution in [1.82, 2.24) is 0 Å². The Morgan fingerprint density at radius 1 is 1.14 bits per heavy atom. The van der Waals surface area contributed by atoms with Crippen LogP contribution in [0.1, 0.15) is 29.7 Å². The van der Waals surface area contributed by atoms with Gasteiger partial charge in [-0.05, 0) is 23.6 Å². The van der Waals surface area contributed by atoms with Crippen LogP contribution >= 0.6 is 0 Å². The molecular formula is C21H20F3NO4. The van der Waals surface area contributed by atoms with Crippen LogP contribution in [0.5, 0.6) is 0 Å². The molecule has 0 bridgehead atoms. The van der Waals surface area contributed by atoms with Crippen molar-refractivity contribution in [3.8, 4) is 0 Å². The normalized spacial score (nSPS) is 13.4. The molecule has 0 heterocycles. The zero-order valence-electron chi connectivity index (χ0n) is 15.6. The van der Waals surface area contributed by atoms with Crippen LogP contribution < -0.4 is 0 Å². The number of hydrogen-bond acceptors (Lipinski definition) is 4. The fraction of sp³-hybridized carbons (Fsp3) is 0.238. The Bertz CT molecular complexity index is 864. The summed E-state index contributed by atoms with van der Waals surface area (Å²) in [6.07, 6.45) is -3.85. The third kappa shape index (κ3) is 7.42. The predicted octanol–water partition coefficient (Wildman–Crippen LogP) is 5.00. The molecule has 2 rings (SSSR count). The van der Waals surface area contributed by atoms with Crippen molar-refractivity contribution in [2.24, 2.45) is 5.16 Å². The summed E-state index contributed by atoms with van der Waals surface area (Å²) in [7, 11) is 0. The van der Waals surface area contributed by atoms with Crippen molar-refractivity contribution < 1.29 is 32.6 Å². The van der Waals surface area contributed by atoms with Gasteiger partial charge in [-0.2, -0.15) is 13.2 Å². The lowest BCUT2D eigenvalue weighted by Crippen LogP contribution is -2.10. The number of hydrogen-bond donors (Lipinski definition) is 1. The largest absolute Gasteiger partial charge is 0.478 e. The molecule has 0 radical (unpaired) electrons. The summed E-state index contributed by atoms with van der Waals surface area (Å²) in [5, 5.41) is 13.0. The number of aliphatic carboxylic acids is 1. The number of carboxylic acid groups (broad SMARTS) is 1. The molecular weight excluding hydrogens is 387 g/mol. The van der Waals surface area contributed by atoms with Gasteiger partial charge in [0.1, 0.15) is 6.10 Å². The first-order chi connectivity index (χ1) is 13.8. The lowest BCUT2D eigenvalue weighted by Gasteiger charge is -2.11. The van der Waals surface area contributed by atoms with Crippen LogP contribution in [0, 0.1) is 0 Å². The second kappa shape index (κ2) is 10.4. The Morgan fingerprint density at radius 3 is 2.45 bits per heavy atom. The van der Waals surface area contributed by atoms with Gasteiger partial charge >= 0.3 is 12.1 Å². The van der Waals surface area contributed by atoms with Crippen molar-refractivity contribution in [2.75, 3.05) is 6.61 Å².